The van der Waals surface area contributed by atoms with Crippen LogP contribution >= 0.6 is 0 Å². The molecule has 1 aliphatic carbocycles. The Morgan fingerprint density at radius 1 is 0.286 bits per heavy atom. The molecule has 1 aromatic heterocycles. The van der Waals surface area contributed by atoms with E-state index in [1.165, 1.54) is 65.7 Å². The topological polar surface area (TPSA) is 38.7 Å². The Bertz CT molecular complexity index is 3590. The Kier molecular flexibility index (Phi) is 8.52. The molecule has 10 aromatic carbocycles. The quantitative estimate of drug-likeness (QED) is 0.124. The standard InChI is InChI=1S/C60H41N3/c1-60(2)53-28-13-12-26-51(53)56-48(27-15-29-54(56)60)42-20-14-21-44(36-42)58-61-57(62-59(63-58)50-25-11-10-22-45(50)38-16-4-3-5-17-38)41-32-30-40(31-33-41)55-47-24-9-7-19-43(47)37-52-46-23-8-6-18-39(46)34-35-49(52)55/h3-37H,1-2H3. The van der Waals surface area contributed by atoms with Crippen LogP contribution in [0.5, 0.6) is 0 Å². The van der Waals surface area contributed by atoms with Crippen molar-refractivity contribution in [2.75, 3.05) is 0 Å². The molecule has 0 fully saturated rings. The third kappa shape index (κ3) is 6.07. The van der Waals surface area contributed by atoms with E-state index in [-0.39, 0.29) is 5.41 Å². The van der Waals surface area contributed by atoms with Crippen molar-refractivity contribution in [1.82, 2.24) is 15.0 Å². The second-order valence-corrected chi connectivity index (χ2v) is 17.1. The van der Waals surface area contributed by atoms with Gasteiger partial charge in [-0.2, -0.15) is 0 Å². The highest BCUT2D eigenvalue weighted by molar-refractivity contribution is 6.20. The largest absolute Gasteiger partial charge is 0.208 e. The molecule has 0 saturated carbocycles. The SMILES string of the molecule is CC1(C)c2ccccc2-c2c(-c3cccc(-c4nc(-c5ccc(-c6c7ccccc7cc7c6ccc6ccccc67)cc5)nc(-c5ccccc5-c5ccccc5)n4)c3)cccc21. The molecule has 1 heterocycles. The van der Waals surface area contributed by atoms with Crippen molar-refractivity contribution in [2.24, 2.45) is 0 Å². The molecule has 0 radical (unpaired) electrons. The Labute approximate surface area is 367 Å². The predicted octanol–water partition coefficient (Wildman–Crippen LogP) is 15.6. The van der Waals surface area contributed by atoms with E-state index in [4.69, 9.17) is 15.0 Å². The van der Waals surface area contributed by atoms with Crippen LogP contribution in [0.15, 0.2) is 212 Å². The summed E-state index contributed by atoms with van der Waals surface area (Å²) >= 11 is 0. The molecule has 1 aliphatic rings. The van der Waals surface area contributed by atoms with Gasteiger partial charge < -0.3 is 0 Å². The summed E-state index contributed by atoms with van der Waals surface area (Å²) in [6.07, 6.45) is 0. The van der Waals surface area contributed by atoms with Crippen LogP contribution in [-0.2, 0) is 5.41 Å². The summed E-state index contributed by atoms with van der Waals surface area (Å²) in [5.41, 5.74) is 14.9. The van der Waals surface area contributed by atoms with Crippen molar-refractivity contribution in [1.29, 1.82) is 0 Å². The highest BCUT2D eigenvalue weighted by Gasteiger charge is 2.36. The molecule has 3 heteroatoms. The lowest BCUT2D eigenvalue weighted by atomic mass is 9.82. The lowest BCUT2D eigenvalue weighted by molar-refractivity contribution is 0.660. The number of nitrogens with zero attached hydrogens (tertiary/aromatic N) is 3. The van der Waals surface area contributed by atoms with Gasteiger partial charge in [-0.1, -0.05) is 214 Å². The number of hydrogen-bond acceptors (Lipinski definition) is 3. The van der Waals surface area contributed by atoms with Gasteiger partial charge in [-0.15, -0.1) is 0 Å². The van der Waals surface area contributed by atoms with Crippen LogP contribution in [0.1, 0.15) is 25.0 Å². The van der Waals surface area contributed by atoms with Crippen LogP contribution in [0.2, 0.25) is 0 Å². The van der Waals surface area contributed by atoms with Gasteiger partial charge in [0, 0.05) is 22.1 Å². The summed E-state index contributed by atoms with van der Waals surface area (Å²) in [4.78, 5) is 15.8. The smallest absolute Gasteiger partial charge is 0.164 e. The van der Waals surface area contributed by atoms with E-state index in [1.807, 2.05) is 6.07 Å². The minimum atomic E-state index is -0.0889. The molecular formula is C60H41N3. The van der Waals surface area contributed by atoms with Crippen molar-refractivity contribution in [3.63, 3.8) is 0 Å². The molecule has 0 N–H and O–H groups in total. The third-order valence-corrected chi connectivity index (χ3v) is 13.1. The zero-order chi connectivity index (χ0) is 42.1. The van der Waals surface area contributed by atoms with Crippen LogP contribution in [0.3, 0.4) is 0 Å². The van der Waals surface area contributed by atoms with Gasteiger partial charge in [0.25, 0.3) is 0 Å². The van der Waals surface area contributed by atoms with E-state index in [0.717, 1.165) is 38.9 Å². The maximum atomic E-state index is 5.29. The number of rotatable bonds is 6. The van der Waals surface area contributed by atoms with Crippen LogP contribution in [0, 0.1) is 0 Å². The highest BCUT2D eigenvalue weighted by Crippen LogP contribution is 2.52. The Hall–Kier alpha value is -8.01. The summed E-state index contributed by atoms with van der Waals surface area (Å²) in [5.74, 6) is 1.89. The van der Waals surface area contributed by atoms with Crippen molar-refractivity contribution < 1.29 is 0 Å². The van der Waals surface area contributed by atoms with Crippen molar-refractivity contribution >= 4 is 32.3 Å². The van der Waals surface area contributed by atoms with E-state index in [0.29, 0.717) is 17.5 Å². The summed E-state index contributed by atoms with van der Waals surface area (Å²) in [7, 11) is 0. The molecule has 0 amide bonds. The second-order valence-electron chi connectivity index (χ2n) is 17.1. The van der Waals surface area contributed by atoms with E-state index >= 15 is 0 Å². The van der Waals surface area contributed by atoms with E-state index < -0.39 is 0 Å². The molecule has 11 aromatic rings. The van der Waals surface area contributed by atoms with Gasteiger partial charge in [-0.3, -0.25) is 0 Å². The van der Waals surface area contributed by atoms with Crippen LogP contribution in [0.25, 0.3) is 111 Å². The molecule has 0 saturated heterocycles. The molecule has 63 heavy (non-hydrogen) atoms. The lowest BCUT2D eigenvalue weighted by Gasteiger charge is -2.21. The Balaban J connectivity index is 1.02. The number of benzene rings is 10. The van der Waals surface area contributed by atoms with Gasteiger partial charge in [0.15, 0.2) is 17.5 Å². The van der Waals surface area contributed by atoms with Gasteiger partial charge in [-0.05, 0) is 100 Å². The molecule has 0 atom stereocenters. The first-order valence-corrected chi connectivity index (χ1v) is 21.7. The van der Waals surface area contributed by atoms with E-state index in [2.05, 4.69) is 220 Å². The zero-order valence-corrected chi connectivity index (χ0v) is 35.0. The Morgan fingerprint density at radius 3 is 1.68 bits per heavy atom. The molecule has 296 valence electrons. The highest BCUT2D eigenvalue weighted by atomic mass is 15.0. The summed E-state index contributed by atoms with van der Waals surface area (Å²) < 4.78 is 0. The molecule has 12 rings (SSSR count). The molecule has 0 bridgehead atoms. The average molecular weight is 804 g/mol. The van der Waals surface area contributed by atoms with Crippen LogP contribution in [0.4, 0.5) is 0 Å². The fraction of sp³-hybridized carbons (Fsp3) is 0.0500. The summed E-state index contributed by atoms with van der Waals surface area (Å²) in [6.45, 7) is 4.66. The average Bonchev–Trinajstić information content (AvgIpc) is 3.59. The third-order valence-electron chi connectivity index (χ3n) is 13.1. The van der Waals surface area contributed by atoms with Crippen LogP contribution < -0.4 is 0 Å². The minimum Gasteiger partial charge on any atom is -0.208 e. The zero-order valence-electron chi connectivity index (χ0n) is 35.0. The van der Waals surface area contributed by atoms with Crippen LogP contribution in [-0.4, -0.2) is 15.0 Å². The van der Waals surface area contributed by atoms with Gasteiger partial charge in [0.1, 0.15) is 0 Å². The Morgan fingerprint density at radius 2 is 0.857 bits per heavy atom. The normalized spacial score (nSPS) is 12.7. The van der Waals surface area contributed by atoms with Gasteiger partial charge in [0.2, 0.25) is 0 Å². The first kappa shape index (κ1) is 36.8. The summed E-state index contributed by atoms with van der Waals surface area (Å²) in [5, 5.41) is 7.44. The fourth-order valence-corrected chi connectivity index (χ4v) is 10.0. The van der Waals surface area contributed by atoms with Crippen molar-refractivity contribution in [3.8, 4) is 78.7 Å². The number of hydrogen-bond donors (Lipinski definition) is 0. The maximum Gasteiger partial charge on any atom is 0.164 e. The maximum absolute atomic E-state index is 5.29. The molecular weight excluding hydrogens is 763 g/mol. The van der Waals surface area contributed by atoms with Gasteiger partial charge in [-0.25, -0.2) is 15.0 Å². The van der Waals surface area contributed by atoms with Gasteiger partial charge in [0.05, 0.1) is 0 Å². The van der Waals surface area contributed by atoms with E-state index in [9.17, 15) is 0 Å². The first-order chi connectivity index (χ1) is 31.0. The molecule has 3 nitrogen and oxygen atoms in total. The lowest BCUT2D eigenvalue weighted by Crippen LogP contribution is -2.14. The van der Waals surface area contributed by atoms with E-state index in [1.54, 1.807) is 0 Å². The predicted molar refractivity (Wildman–Crippen MR) is 263 cm³/mol. The molecule has 0 spiro atoms. The second kappa shape index (κ2) is 14.6. The molecule has 0 aliphatic heterocycles. The number of fused-ring (bicyclic) bond motifs is 7. The summed E-state index contributed by atoms with van der Waals surface area (Å²) in [6, 6.07) is 76.2. The monoisotopic (exact) mass is 803 g/mol. The number of aromatic nitrogens is 3. The van der Waals surface area contributed by atoms with Crippen molar-refractivity contribution in [3.05, 3.63) is 223 Å². The minimum absolute atomic E-state index is 0.0889. The van der Waals surface area contributed by atoms with Gasteiger partial charge >= 0.3 is 0 Å². The fourth-order valence-electron chi connectivity index (χ4n) is 10.0. The van der Waals surface area contributed by atoms with Crippen molar-refractivity contribution in [2.45, 2.75) is 19.3 Å². The first-order valence-electron chi connectivity index (χ1n) is 21.7. The molecule has 0 unspecified atom stereocenters.